The van der Waals surface area contributed by atoms with Gasteiger partial charge in [0.15, 0.2) is 0 Å². The highest BCUT2D eigenvalue weighted by molar-refractivity contribution is 9.10. The summed E-state index contributed by atoms with van der Waals surface area (Å²) in [5.74, 6) is 0.831. The molecule has 0 aliphatic carbocycles. The molecule has 0 fully saturated rings. The smallest absolute Gasteiger partial charge is 0.252 e. The number of carbonyl (C=O) groups excluding carboxylic acids is 1. The molecular formula is C13H18BrNO3. The maximum atomic E-state index is 11.9. The van der Waals surface area contributed by atoms with E-state index in [0.717, 1.165) is 0 Å². The molecule has 0 saturated carbocycles. The third kappa shape index (κ3) is 4.31. The van der Waals surface area contributed by atoms with Crippen molar-refractivity contribution >= 4 is 21.8 Å². The summed E-state index contributed by atoms with van der Waals surface area (Å²) >= 11 is 3.35. The van der Waals surface area contributed by atoms with Crippen LogP contribution in [0.5, 0.6) is 5.75 Å². The fourth-order valence-electron chi connectivity index (χ4n) is 1.49. The third-order valence-corrected chi connectivity index (χ3v) is 3.31. The molecule has 2 N–H and O–H groups in total. The van der Waals surface area contributed by atoms with Crippen molar-refractivity contribution < 1.29 is 14.6 Å². The van der Waals surface area contributed by atoms with Gasteiger partial charge >= 0.3 is 0 Å². The van der Waals surface area contributed by atoms with Crippen molar-refractivity contribution in [3.63, 3.8) is 0 Å². The number of benzene rings is 1. The Morgan fingerprint density at radius 1 is 1.56 bits per heavy atom. The van der Waals surface area contributed by atoms with Gasteiger partial charge in [0.1, 0.15) is 5.75 Å². The average Bonchev–Trinajstić information content (AvgIpc) is 2.36. The van der Waals surface area contributed by atoms with Crippen LogP contribution in [-0.4, -0.2) is 31.3 Å². The number of carbonyl (C=O) groups is 1. The van der Waals surface area contributed by atoms with E-state index in [1.54, 1.807) is 25.3 Å². The lowest BCUT2D eigenvalue weighted by atomic mass is 10.1. The number of halogens is 1. The van der Waals surface area contributed by atoms with Crippen molar-refractivity contribution in [2.24, 2.45) is 5.92 Å². The Balaban J connectivity index is 2.61. The zero-order chi connectivity index (χ0) is 13.5. The third-order valence-electron chi connectivity index (χ3n) is 2.65. The van der Waals surface area contributed by atoms with Crippen molar-refractivity contribution in [3.8, 4) is 5.75 Å². The van der Waals surface area contributed by atoms with E-state index in [1.165, 1.54) is 0 Å². The van der Waals surface area contributed by atoms with Crippen molar-refractivity contribution in [1.29, 1.82) is 0 Å². The van der Waals surface area contributed by atoms with E-state index in [1.807, 2.05) is 6.92 Å². The van der Waals surface area contributed by atoms with Crippen LogP contribution in [-0.2, 0) is 0 Å². The maximum absolute atomic E-state index is 11.9. The molecule has 18 heavy (non-hydrogen) atoms. The monoisotopic (exact) mass is 315 g/mol. The van der Waals surface area contributed by atoms with Gasteiger partial charge in [-0.3, -0.25) is 4.79 Å². The first kappa shape index (κ1) is 15.0. The van der Waals surface area contributed by atoms with Gasteiger partial charge in [-0.25, -0.2) is 0 Å². The number of aliphatic hydroxyl groups excluding tert-OH is 1. The second-order valence-electron chi connectivity index (χ2n) is 4.17. The van der Waals surface area contributed by atoms with Crippen LogP contribution in [0.4, 0.5) is 0 Å². The largest absolute Gasteiger partial charge is 0.497 e. The van der Waals surface area contributed by atoms with Crippen molar-refractivity contribution in [3.05, 3.63) is 28.2 Å². The van der Waals surface area contributed by atoms with Crippen molar-refractivity contribution in [1.82, 2.24) is 5.32 Å². The Labute approximate surface area is 115 Å². The minimum atomic E-state index is -0.130. The molecule has 0 bridgehead atoms. The second-order valence-corrected chi connectivity index (χ2v) is 5.03. The molecule has 1 atom stereocenters. The summed E-state index contributed by atoms with van der Waals surface area (Å²) in [5, 5.41) is 11.6. The Bertz CT molecular complexity index is 409. The van der Waals surface area contributed by atoms with Crippen LogP contribution in [0.15, 0.2) is 22.7 Å². The lowest BCUT2D eigenvalue weighted by molar-refractivity contribution is 0.0944. The van der Waals surface area contributed by atoms with Crippen LogP contribution < -0.4 is 10.1 Å². The van der Waals surface area contributed by atoms with E-state index in [2.05, 4.69) is 21.2 Å². The summed E-state index contributed by atoms with van der Waals surface area (Å²) in [4.78, 5) is 11.9. The normalized spacial score (nSPS) is 12.0. The molecule has 1 aromatic rings. The highest BCUT2D eigenvalue weighted by Gasteiger charge is 2.11. The number of ether oxygens (including phenoxy) is 1. The van der Waals surface area contributed by atoms with Gasteiger partial charge in [0.05, 0.1) is 12.7 Å². The molecule has 0 aliphatic heterocycles. The summed E-state index contributed by atoms with van der Waals surface area (Å²) in [6, 6.07) is 5.22. The molecule has 1 aromatic carbocycles. The molecule has 0 saturated heterocycles. The molecule has 0 aromatic heterocycles. The summed E-state index contributed by atoms with van der Waals surface area (Å²) in [6.45, 7) is 2.68. The van der Waals surface area contributed by atoms with Gasteiger partial charge in [0, 0.05) is 17.6 Å². The Morgan fingerprint density at radius 2 is 2.28 bits per heavy atom. The van der Waals surface area contributed by atoms with Crippen LogP contribution in [0, 0.1) is 5.92 Å². The molecule has 4 nitrogen and oxygen atoms in total. The fraction of sp³-hybridized carbons (Fsp3) is 0.462. The molecule has 1 amide bonds. The van der Waals surface area contributed by atoms with Crippen LogP contribution in [0.25, 0.3) is 0 Å². The average molecular weight is 316 g/mol. The standard InChI is InChI=1S/C13H18BrNO3/c1-9(5-6-16)8-15-13(17)11-4-3-10(18-2)7-12(11)14/h3-4,7,9,16H,5-6,8H2,1-2H3,(H,15,17). The first-order chi connectivity index (χ1) is 8.58. The Morgan fingerprint density at radius 3 is 2.83 bits per heavy atom. The van der Waals surface area contributed by atoms with E-state index in [-0.39, 0.29) is 18.4 Å². The number of methoxy groups -OCH3 is 1. The van der Waals surface area contributed by atoms with Gasteiger partial charge in [-0.2, -0.15) is 0 Å². The molecule has 1 rings (SSSR count). The van der Waals surface area contributed by atoms with Gasteiger partial charge < -0.3 is 15.2 Å². The molecule has 100 valence electrons. The van der Waals surface area contributed by atoms with Gasteiger partial charge in [-0.1, -0.05) is 6.92 Å². The molecule has 0 spiro atoms. The quantitative estimate of drug-likeness (QED) is 0.846. The van der Waals surface area contributed by atoms with Crippen molar-refractivity contribution in [2.45, 2.75) is 13.3 Å². The Hall–Kier alpha value is -1.07. The SMILES string of the molecule is COc1ccc(C(=O)NCC(C)CCO)c(Br)c1. The maximum Gasteiger partial charge on any atom is 0.252 e. The number of aliphatic hydroxyl groups is 1. The number of amides is 1. The van der Waals surface area contributed by atoms with Gasteiger partial charge in [-0.05, 0) is 46.5 Å². The van der Waals surface area contributed by atoms with Gasteiger partial charge in [0.2, 0.25) is 0 Å². The lowest BCUT2D eigenvalue weighted by Crippen LogP contribution is -2.28. The number of hydrogen-bond acceptors (Lipinski definition) is 3. The van der Waals surface area contributed by atoms with Crippen molar-refractivity contribution in [2.75, 3.05) is 20.3 Å². The van der Waals surface area contributed by atoms with E-state index >= 15 is 0 Å². The minimum absolute atomic E-state index is 0.130. The predicted molar refractivity (Wildman–Crippen MR) is 73.9 cm³/mol. The molecular weight excluding hydrogens is 298 g/mol. The number of hydrogen-bond donors (Lipinski definition) is 2. The summed E-state index contributed by atoms with van der Waals surface area (Å²) in [5.41, 5.74) is 0.576. The molecule has 0 aliphatic rings. The fourth-order valence-corrected chi connectivity index (χ4v) is 2.03. The number of nitrogens with one attached hydrogen (secondary N) is 1. The molecule has 0 heterocycles. The van der Waals surface area contributed by atoms with E-state index in [4.69, 9.17) is 9.84 Å². The van der Waals surface area contributed by atoms with Crippen LogP contribution in [0.3, 0.4) is 0 Å². The second kappa shape index (κ2) is 7.38. The minimum Gasteiger partial charge on any atom is -0.497 e. The van der Waals surface area contributed by atoms with Gasteiger partial charge in [-0.15, -0.1) is 0 Å². The van der Waals surface area contributed by atoms with Crippen LogP contribution in [0.2, 0.25) is 0 Å². The highest BCUT2D eigenvalue weighted by Crippen LogP contribution is 2.22. The Kier molecular flexibility index (Phi) is 6.15. The van der Waals surface area contributed by atoms with E-state index < -0.39 is 0 Å². The summed E-state index contributed by atoms with van der Waals surface area (Å²) in [7, 11) is 1.58. The first-order valence-corrected chi connectivity index (χ1v) is 6.60. The van der Waals surface area contributed by atoms with Gasteiger partial charge in [0.25, 0.3) is 5.91 Å². The van der Waals surface area contributed by atoms with E-state index in [0.29, 0.717) is 28.8 Å². The van der Waals surface area contributed by atoms with E-state index in [9.17, 15) is 4.79 Å². The lowest BCUT2D eigenvalue weighted by Gasteiger charge is -2.12. The zero-order valence-electron chi connectivity index (χ0n) is 10.6. The predicted octanol–water partition coefficient (Wildman–Crippen LogP) is 2.21. The topological polar surface area (TPSA) is 58.6 Å². The summed E-state index contributed by atoms with van der Waals surface area (Å²) < 4.78 is 5.77. The highest BCUT2D eigenvalue weighted by atomic mass is 79.9. The zero-order valence-corrected chi connectivity index (χ0v) is 12.2. The van der Waals surface area contributed by atoms with Crippen LogP contribution >= 0.6 is 15.9 Å². The van der Waals surface area contributed by atoms with Crippen LogP contribution in [0.1, 0.15) is 23.7 Å². The molecule has 1 unspecified atom stereocenters. The number of rotatable bonds is 6. The molecule has 5 heteroatoms. The summed E-state index contributed by atoms with van der Waals surface area (Å²) in [6.07, 6.45) is 0.685. The first-order valence-electron chi connectivity index (χ1n) is 5.81. The molecule has 0 radical (unpaired) electrons.